The largest absolute Gasteiger partial charge is 0.494 e. The van der Waals surface area contributed by atoms with Gasteiger partial charge in [0.2, 0.25) is 5.91 Å². The molecule has 1 aliphatic heterocycles. The molecule has 1 amide bonds. The normalized spacial score (nSPS) is 17.7. The minimum Gasteiger partial charge on any atom is -0.494 e. The van der Waals surface area contributed by atoms with Gasteiger partial charge in [-0.25, -0.2) is 4.39 Å². The molecular weight excluding hydrogens is 271 g/mol. The molecule has 19 heavy (non-hydrogen) atoms. The molecule has 0 saturated carbocycles. The molecule has 1 saturated heterocycles. The highest BCUT2D eigenvalue weighted by atomic mass is 35.5. The molecular formula is C13H18ClFN2O2. The zero-order valence-corrected chi connectivity index (χ0v) is 11.6. The number of amides is 1. The standard InChI is InChI=1S/C13H17FN2O2.ClH/c1-18-12-7-9(14)4-5-11(12)16-13(17)8-10-3-2-6-15-10;/h4-5,7,10,15H,2-3,6,8H2,1H3,(H,16,17);1H. The molecule has 1 heterocycles. The third-order valence-corrected chi connectivity index (χ3v) is 3.03. The Balaban J connectivity index is 0.00000180. The first kappa shape index (κ1) is 15.7. The Hall–Kier alpha value is -1.33. The van der Waals surface area contributed by atoms with Crippen molar-refractivity contribution in [1.29, 1.82) is 0 Å². The Morgan fingerprint density at radius 2 is 2.37 bits per heavy atom. The van der Waals surface area contributed by atoms with E-state index in [0.29, 0.717) is 17.9 Å². The summed E-state index contributed by atoms with van der Waals surface area (Å²) in [5, 5.41) is 6.00. The second kappa shape index (κ2) is 7.31. The van der Waals surface area contributed by atoms with Crippen molar-refractivity contribution in [1.82, 2.24) is 5.32 Å². The summed E-state index contributed by atoms with van der Waals surface area (Å²) in [7, 11) is 1.45. The Bertz CT molecular complexity index is 437. The van der Waals surface area contributed by atoms with Gasteiger partial charge in [-0.1, -0.05) is 0 Å². The fraction of sp³-hybridized carbons (Fsp3) is 0.462. The summed E-state index contributed by atoms with van der Waals surface area (Å²) in [4.78, 5) is 11.8. The van der Waals surface area contributed by atoms with Gasteiger partial charge in [0, 0.05) is 18.5 Å². The van der Waals surface area contributed by atoms with Crippen molar-refractivity contribution >= 4 is 24.0 Å². The molecule has 1 aromatic rings. The van der Waals surface area contributed by atoms with E-state index >= 15 is 0 Å². The van der Waals surface area contributed by atoms with Crippen molar-refractivity contribution in [2.75, 3.05) is 19.0 Å². The average molecular weight is 289 g/mol. The summed E-state index contributed by atoms with van der Waals surface area (Å²) in [6.07, 6.45) is 2.56. The summed E-state index contributed by atoms with van der Waals surface area (Å²) in [5.74, 6) is -0.135. The molecule has 6 heteroatoms. The second-order valence-corrected chi connectivity index (χ2v) is 4.39. The number of halogens is 2. The van der Waals surface area contributed by atoms with Crippen LogP contribution in [0.4, 0.5) is 10.1 Å². The maximum Gasteiger partial charge on any atom is 0.226 e. The molecule has 106 valence electrons. The van der Waals surface area contributed by atoms with Gasteiger partial charge in [0.05, 0.1) is 12.8 Å². The molecule has 4 nitrogen and oxygen atoms in total. The number of carbonyl (C=O) groups excluding carboxylic acids is 1. The predicted octanol–water partition coefficient (Wildman–Crippen LogP) is 2.34. The summed E-state index contributed by atoms with van der Waals surface area (Å²) in [6, 6.07) is 4.31. The molecule has 1 atom stereocenters. The van der Waals surface area contributed by atoms with E-state index in [1.54, 1.807) is 0 Å². The van der Waals surface area contributed by atoms with Crippen LogP contribution in [-0.2, 0) is 4.79 Å². The van der Waals surface area contributed by atoms with Gasteiger partial charge in [0.25, 0.3) is 0 Å². The maximum atomic E-state index is 13.0. The van der Waals surface area contributed by atoms with E-state index < -0.39 is 0 Å². The summed E-state index contributed by atoms with van der Waals surface area (Å²) >= 11 is 0. The average Bonchev–Trinajstić information content (AvgIpc) is 2.84. The minimum absolute atomic E-state index is 0. The van der Waals surface area contributed by atoms with Gasteiger partial charge in [-0.3, -0.25) is 4.79 Å². The number of hydrogen-bond acceptors (Lipinski definition) is 3. The minimum atomic E-state index is -0.387. The van der Waals surface area contributed by atoms with Crippen molar-refractivity contribution in [2.24, 2.45) is 0 Å². The highest BCUT2D eigenvalue weighted by molar-refractivity contribution is 5.92. The lowest BCUT2D eigenvalue weighted by Crippen LogP contribution is -2.27. The Morgan fingerprint density at radius 1 is 1.58 bits per heavy atom. The number of benzene rings is 1. The van der Waals surface area contributed by atoms with Crippen molar-refractivity contribution in [3.05, 3.63) is 24.0 Å². The van der Waals surface area contributed by atoms with Gasteiger partial charge >= 0.3 is 0 Å². The van der Waals surface area contributed by atoms with Crippen LogP contribution in [0.15, 0.2) is 18.2 Å². The van der Waals surface area contributed by atoms with Gasteiger partial charge in [-0.15, -0.1) is 12.4 Å². The molecule has 0 aromatic heterocycles. The molecule has 2 rings (SSSR count). The SMILES string of the molecule is COc1cc(F)ccc1NC(=O)CC1CCCN1.Cl. The van der Waals surface area contributed by atoms with Crippen LogP contribution in [0.2, 0.25) is 0 Å². The molecule has 0 aliphatic carbocycles. The van der Waals surface area contributed by atoms with E-state index in [2.05, 4.69) is 10.6 Å². The van der Waals surface area contributed by atoms with Gasteiger partial charge in [-0.2, -0.15) is 0 Å². The number of nitrogens with one attached hydrogen (secondary N) is 2. The van der Waals surface area contributed by atoms with Crippen molar-refractivity contribution in [3.63, 3.8) is 0 Å². The van der Waals surface area contributed by atoms with Crippen molar-refractivity contribution in [2.45, 2.75) is 25.3 Å². The summed E-state index contributed by atoms with van der Waals surface area (Å²) in [5.41, 5.74) is 0.502. The Morgan fingerprint density at radius 3 is 3.00 bits per heavy atom. The van der Waals surface area contributed by atoms with Crippen molar-refractivity contribution in [3.8, 4) is 5.75 Å². The van der Waals surface area contributed by atoms with E-state index in [1.807, 2.05) is 0 Å². The lowest BCUT2D eigenvalue weighted by atomic mass is 10.1. The predicted molar refractivity (Wildman–Crippen MR) is 74.5 cm³/mol. The van der Waals surface area contributed by atoms with E-state index in [9.17, 15) is 9.18 Å². The van der Waals surface area contributed by atoms with Crippen LogP contribution in [0.1, 0.15) is 19.3 Å². The molecule has 1 unspecified atom stereocenters. The zero-order valence-electron chi connectivity index (χ0n) is 10.7. The number of ether oxygens (including phenoxy) is 1. The number of methoxy groups -OCH3 is 1. The van der Waals surface area contributed by atoms with Crippen molar-refractivity contribution < 1.29 is 13.9 Å². The van der Waals surface area contributed by atoms with Crippen LogP contribution >= 0.6 is 12.4 Å². The molecule has 0 radical (unpaired) electrons. The highest BCUT2D eigenvalue weighted by Gasteiger charge is 2.18. The topological polar surface area (TPSA) is 50.4 Å². The van der Waals surface area contributed by atoms with Crippen LogP contribution in [0.5, 0.6) is 5.75 Å². The highest BCUT2D eigenvalue weighted by Crippen LogP contribution is 2.25. The first-order valence-electron chi connectivity index (χ1n) is 6.06. The van der Waals surface area contributed by atoms with E-state index in [0.717, 1.165) is 19.4 Å². The Kier molecular flexibility index (Phi) is 6.05. The first-order chi connectivity index (χ1) is 8.69. The van der Waals surface area contributed by atoms with E-state index in [-0.39, 0.29) is 30.2 Å². The third-order valence-electron chi connectivity index (χ3n) is 3.03. The van der Waals surface area contributed by atoms with E-state index in [4.69, 9.17) is 4.74 Å². The third kappa shape index (κ3) is 4.36. The van der Waals surface area contributed by atoms with Crippen LogP contribution < -0.4 is 15.4 Å². The molecule has 1 aromatic carbocycles. The molecule has 0 bridgehead atoms. The number of carbonyl (C=O) groups is 1. The Labute approximate surface area is 118 Å². The van der Waals surface area contributed by atoms with Gasteiger partial charge in [-0.05, 0) is 31.5 Å². The second-order valence-electron chi connectivity index (χ2n) is 4.39. The maximum absolute atomic E-state index is 13.0. The monoisotopic (exact) mass is 288 g/mol. The summed E-state index contributed by atoms with van der Waals surface area (Å²) in [6.45, 7) is 0.970. The fourth-order valence-corrected chi connectivity index (χ4v) is 2.12. The molecule has 1 aliphatic rings. The zero-order chi connectivity index (χ0) is 13.0. The lowest BCUT2D eigenvalue weighted by Gasteiger charge is -2.12. The number of anilines is 1. The molecule has 1 fully saturated rings. The fourth-order valence-electron chi connectivity index (χ4n) is 2.12. The molecule has 2 N–H and O–H groups in total. The quantitative estimate of drug-likeness (QED) is 0.894. The molecule has 0 spiro atoms. The lowest BCUT2D eigenvalue weighted by molar-refractivity contribution is -0.116. The van der Waals surface area contributed by atoms with Crippen LogP contribution in [0, 0.1) is 5.82 Å². The number of hydrogen-bond donors (Lipinski definition) is 2. The number of rotatable bonds is 4. The van der Waals surface area contributed by atoms with Crippen LogP contribution in [0.3, 0.4) is 0 Å². The van der Waals surface area contributed by atoms with Gasteiger partial charge in [0.15, 0.2) is 0 Å². The van der Waals surface area contributed by atoms with E-state index in [1.165, 1.54) is 25.3 Å². The van der Waals surface area contributed by atoms with Crippen LogP contribution in [-0.4, -0.2) is 25.6 Å². The smallest absolute Gasteiger partial charge is 0.226 e. The van der Waals surface area contributed by atoms with Gasteiger partial charge in [0.1, 0.15) is 11.6 Å². The first-order valence-corrected chi connectivity index (χ1v) is 6.06. The van der Waals surface area contributed by atoms with Crippen LogP contribution in [0.25, 0.3) is 0 Å². The summed E-state index contributed by atoms with van der Waals surface area (Å²) < 4.78 is 18.0. The van der Waals surface area contributed by atoms with Gasteiger partial charge < -0.3 is 15.4 Å².